The number of aromatic nitrogens is 3. The number of rotatable bonds is 4. The second-order valence-corrected chi connectivity index (χ2v) is 5.94. The van der Waals surface area contributed by atoms with Gasteiger partial charge in [0.05, 0.1) is 5.69 Å². The molecule has 0 aliphatic carbocycles. The Balaban J connectivity index is 1.47. The molecule has 0 saturated carbocycles. The molecule has 0 spiro atoms. The maximum absolute atomic E-state index is 12.1. The Hall–Kier alpha value is -2.95. The highest BCUT2D eigenvalue weighted by Gasteiger charge is 2.14. The number of hydrogen-bond acceptors (Lipinski definition) is 3. The van der Waals surface area contributed by atoms with E-state index in [1.165, 1.54) is 12.2 Å². The van der Waals surface area contributed by atoms with E-state index in [4.69, 9.17) is 4.98 Å². The Morgan fingerprint density at radius 2 is 2.17 bits per heavy atom. The Bertz CT molecular complexity index is 849. The van der Waals surface area contributed by atoms with E-state index in [1.807, 2.05) is 12.1 Å². The van der Waals surface area contributed by atoms with E-state index in [2.05, 4.69) is 33.2 Å². The zero-order valence-electron chi connectivity index (χ0n) is 13.3. The number of benzene rings is 1. The van der Waals surface area contributed by atoms with Gasteiger partial charge in [-0.3, -0.25) is 9.78 Å². The van der Waals surface area contributed by atoms with Gasteiger partial charge in [-0.25, -0.2) is 4.98 Å². The summed E-state index contributed by atoms with van der Waals surface area (Å²) < 4.78 is 2.23. The number of nitrogens with one attached hydrogen (secondary N) is 1. The molecule has 3 aromatic rings. The smallest absolute Gasteiger partial charge is 0.270 e. The van der Waals surface area contributed by atoms with Crippen LogP contribution in [-0.2, 0) is 19.5 Å². The fourth-order valence-electron chi connectivity index (χ4n) is 3.00. The summed E-state index contributed by atoms with van der Waals surface area (Å²) in [4.78, 5) is 20.8. The number of pyridine rings is 1. The summed E-state index contributed by atoms with van der Waals surface area (Å²) in [6.45, 7) is 1.53. The van der Waals surface area contributed by atoms with Crippen molar-refractivity contribution in [1.29, 1.82) is 0 Å². The predicted octanol–water partition coefficient (Wildman–Crippen LogP) is 2.82. The number of amides is 1. The van der Waals surface area contributed by atoms with Gasteiger partial charge < -0.3 is 9.88 Å². The molecular formula is C19H18N4O. The summed E-state index contributed by atoms with van der Waals surface area (Å²) in [6.07, 6.45) is 5.98. The number of aryl methyl sites for hydroxylation is 2. The SMILES string of the molecule is O=C(NCc1cccc(-c2cn3c(n2)CCC3)c1)c1ccccn1. The van der Waals surface area contributed by atoms with Gasteiger partial charge >= 0.3 is 0 Å². The van der Waals surface area contributed by atoms with Crippen LogP contribution in [0.2, 0.25) is 0 Å². The van der Waals surface area contributed by atoms with Crippen LogP contribution in [0, 0.1) is 0 Å². The lowest BCUT2D eigenvalue weighted by Crippen LogP contribution is -2.23. The summed E-state index contributed by atoms with van der Waals surface area (Å²) in [5, 5.41) is 2.91. The van der Waals surface area contributed by atoms with Crippen LogP contribution in [-0.4, -0.2) is 20.4 Å². The van der Waals surface area contributed by atoms with Gasteiger partial charge in [-0.1, -0.05) is 24.3 Å². The average molecular weight is 318 g/mol. The Morgan fingerprint density at radius 3 is 3.00 bits per heavy atom. The molecule has 5 heteroatoms. The number of hydrogen-bond donors (Lipinski definition) is 1. The van der Waals surface area contributed by atoms with Gasteiger partial charge in [0.15, 0.2) is 0 Å². The first-order valence-electron chi connectivity index (χ1n) is 8.14. The molecule has 0 bridgehead atoms. The molecule has 5 nitrogen and oxygen atoms in total. The van der Waals surface area contributed by atoms with Crippen LogP contribution in [0.1, 0.15) is 28.3 Å². The molecular weight excluding hydrogens is 300 g/mol. The number of fused-ring (bicyclic) bond motifs is 1. The molecule has 1 aromatic carbocycles. The summed E-state index contributed by atoms with van der Waals surface area (Å²) >= 11 is 0. The second kappa shape index (κ2) is 6.28. The van der Waals surface area contributed by atoms with Crippen molar-refractivity contribution in [3.63, 3.8) is 0 Å². The third-order valence-corrected chi connectivity index (χ3v) is 4.23. The summed E-state index contributed by atoms with van der Waals surface area (Å²) in [6, 6.07) is 13.5. The van der Waals surface area contributed by atoms with Crippen LogP contribution < -0.4 is 5.32 Å². The molecule has 1 aliphatic heterocycles. The highest BCUT2D eigenvalue weighted by molar-refractivity contribution is 5.92. The molecule has 0 fully saturated rings. The minimum Gasteiger partial charge on any atom is -0.347 e. The summed E-state index contributed by atoms with van der Waals surface area (Å²) in [7, 11) is 0. The Kier molecular flexibility index (Phi) is 3.83. The zero-order chi connectivity index (χ0) is 16.4. The van der Waals surface area contributed by atoms with Crippen molar-refractivity contribution in [2.24, 2.45) is 0 Å². The zero-order valence-corrected chi connectivity index (χ0v) is 13.3. The molecule has 24 heavy (non-hydrogen) atoms. The molecule has 1 N–H and O–H groups in total. The van der Waals surface area contributed by atoms with Crippen LogP contribution >= 0.6 is 0 Å². The highest BCUT2D eigenvalue weighted by atomic mass is 16.1. The van der Waals surface area contributed by atoms with E-state index in [9.17, 15) is 4.79 Å². The van der Waals surface area contributed by atoms with Crippen molar-refractivity contribution in [3.05, 3.63) is 71.9 Å². The summed E-state index contributed by atoms with van der Waals surface area (Å²) in [5.41, 5.74) is 3.56. The van der Waals surface area contributed by atoms with Gasteiger partial charge in [0.1, 0.15) is 11.5 Å². The van der Waals surface area contributed by atoms with Gasteiger partial charge in [0.25, 0.3) is 5.91 Å². The van der Waals surface area contributed by atoms with Gasteiger partial charge in [-0.2, -0.15) is 0 Å². The molecule has 0 atom stereocenters. The second-order valence-electron chi connectivity index (χ2n) is 5.94. The van der Waals surface area contributed by atoms with E-state index in [-0.39, 0.29) is 5.91 Å². The normalized spacial score (nSPS) is 12.8. The largest absolute Gasteiger partial charge is 0.347 e. The van der Waals surface area contributed by atoms with E-state index in [1.54, 1.807) is 24.4 Å². The predicted molar refractivity (Wildman–Crippen MR) is 91.4 cm³/mol. The fraction of sp³-hybridized carbons (Fsp3) is 0.211. The lowest BCUT2D eigenvalue weighted by atomic mass is 10.1. The third-order valence-electron chi connectivity index (χ3n) is 4.23. The molecule has 3 heterocycles. The Morgan fingerprint density at radius 1 is 1.21 bits per heavy atom. The quantitative estimate of drug-likeness (QED) is 0.804. The molecule has 0 unspecified atom stereocenters. The Labute approximate surface area is 140 Å². The molecule has 1 amide bonds. The first-order chi connectivity index (χ1) is 11.8. The first kappa shape index (κ1) is 14.6. The lowest BCUT2D eigenvalue weighted by molar-refractivity contribution is 0.0946. The molecule has 4 rings (SSSR count). The minimum absolute atomic E-state index is 0.165. The van der Waals surface area contributed by atoms with Gasteiger partial charge in [-0.05, 0) is 30.2 Å². The number of carbonyl (C=O) groups excluding carboxylic acids is 1. The van der Waals surface area contributed by atoms with Crippen molar-refractivity contribution in [2.75, 3.05) is 0 Å². The van der Waals surface area contributed by atoms with Crippen molar-refractivity contribution in [2.45, 2.75) is 25.9 Å². The van der Waals surface area contributed by atoms with Crippen molar-refractivity contribution >= 4 is 5.91 Å². The lowest BCUT2D eigenvalue weighted by Gasteiger charge is -2.06. The van der Waals surface area contributed by atoms with E-state index >= 15 is 0 Å². The van der Waals surface area contributed by atoms with Gasteiger partial charge in [0, 0.05) is 37.5 Å². The molecule has 0 saturated heterocycles. The van der Waals surface area contributed by atoms with E-state index in [0.29, 0.717) is 12.2 Å². The van der Waals surface area contributed by atoms with Crippen LogP contribution in [0.15, 0.2) is 54.9 Å². The van der Waals surface area contributed by atoms with Crippen LogP contribution in [0.25, 0.3) is 11.3 Å². The number of imidazole rings is 1. The third kappa shape index (κ3) is 2.93. The summed E-state index contributed by atoms with van der Waals surface area (Å²) in [5.74, 6) is 1.00. The minimum atomic E-state index is -0.165. The first-order valence-corrected chi connectivity index (χ1v) is 8.14. The van der Waals surface area contributed by atoms with Crippen molar-refractivity contribution in [3.8, 4) is 11.3 Å². The maximum atomic E-state index is 12.1. The van der Waals surface area contributed by atoms with Crippen LogP contribution in [0.3, 0.4) is 0 Å². The standard InChI is InChI=1S/C19H18N4O/c24-19(16-7-1-2-9-20-16)21-12-14-5-3-6-15(11-14)17-13-23-10-4-8-18(23)22-17/h1-3,5-7,9,11,13H,4,8,10,12H2,(H,21,24). The molecule has 0 radical (unpaired) electrons. The number of carbonyl (C=O) groups is 1. The topological polar surface area (TPSA) is 59.8 Å². The number of nitrogens with zero attached hydrogens (tertiary/aromatic N) is 3. The van der Waals surface area contributed by atoms with Gasteiger partial charge in [0.2, 0.25) is 0 Å². The van der Waals surface area contributed by atoms with E-state index < -0.39 is 0 Å². The van der Waals surface area contributed by atoms with Crippen molar-refractivity contribution < 1.29 is 4.79 Å². The molecule has 1 aliphatic rings. The highest BCUT2D eigenvalue weighted by Crippen LogP contribution is 2.23. The molecule has 2 aromatic heterocycles. The van der Waals surface area contributed by atoms with Gasteiger partial charge in [-0.15, -0.1) is 0 Å². The van der Waals surface area contributed by atoms with Crippen LogP contribution in [0.4, 0.5) is 0 Å². The fourth-order valence-corrected chi connectivity index (χ4v) is 3.00. The van der Waals surface area contributed by atoms with Crippen LogP contribution in [0.5, 0.6) is 0 Å². The monoisotopic (exact) mass is 318 g/mol. The average Bonchev–Trinajstić information content (AvgIpc) is 3.23. The molecule has 120 valence electrons. The van der Waals surface area contributed by atoms with E-state index in [0.717, 1.165) is 29.8 Å². The maximum Gasteiger partial charge on any atom is 0.270 e. The van der Waals surface area contributed by atoms with Crippen molar-refractivity contribution in [1.82, 2.24) is 19.9 Å².